The summed E-state index contributed by atoms with van der Waals surface area (Å²) < 4.78 is 0. The Bertz CT molecular complexity index is 175. The molecule has 0 aliphatic heterocycles. The fourth-order valence-electron chi connectivity index (χ4n) is 1.33. The molecule has 0 radical (unpaired) electrons. The zero-order chi connectivity index (χ0) is 11.2. The second-order valence-electron chi connectivity index (χ2n) is 4.59. The molecule has 1 unspecified atom stereocenters. The van der Waals surface area contributed by atoms with Gasteiger partial charge in [0.05, 0.1) is 0 Å². The Morgan fingerprint density at radius 3 is 2.29 bits per heavy atom. The first-order chi connectivity index (χ1) is 6.38. The number of rotatable bonds is 5. The Hall–Kier alpha value is -0.770. The summed E-state index contributed by atoms with van der Waals surface area (Å²) in [4.78, 5) is 10.5. The first kappa shape index (κ1) is 13.2. The van der Waals surface area contributed by atoms with Crippen molar-refractivity contribution in [2.24, 2.45) is 5.41 Å². The molecule has 4 heteroatoms. The predicted octanol–water partition coefficient (Wildman–Crippen LogP) is 1.83. The van der Waals surface area contributed by atoms with Gasteiger partial charge in [-0.3, -0.25) is 0 Å². The predicted molar refractivity (Wildman–Crippen MR) is 55.3 cm³/mol. The van der Waals surface area contributed by atoms with Crippen LogP contribution in [0.25, 0.3) is 0 Å². The van der Waals surface area contributed by atoms with Crippen LogP contribution in [0.4, 0.5) is 4.79 Å². The van der Waals surface area contributed by atoms with Gasteiger partial charge >= 0.3 is 6.09 Å². The highest BCUT2D eigenvalue weighted by atomic mass is 16.4. The highest BCUT2D eigenvalue weighted by Crippen LogP contribution is 2.23. The Morgan fingerprint density at radius 2 is 1.93 bits per heavy atom. The number of aliphatic hydroxyl groups is 1. The lowest BCUT2D eigenvalue weighted by atomic mass is 9.84. The lowest BCUT2D eigenvalue weighted by molar-refractivity contribution is 0.170. The maximum absolute atomic E-state index is 10.5. The molecule has 0 aromatic heterocycles. The molecule has 3 N–H and O–H groups in total. The van der Waals surface area contributed by atoms with Gasteiger partial charge in [0.1, 0.15) is 0 Å². The van der Waals surface area contributed by atoms with Crippen molar-refractivity contribution in [1.29, 1.82) is 0 Å². The van der Waals surface area contributed by atoms with E-state index >= 15 is 0 Å². The summed E-state index contributed by atoms with van der Waals surface area (Å²) in [6, 6.07) is -0.0495. The molecular weight excluding hydrogens is 182 g/mol. The highest BCUT2D eigenvalue weighted by molar-refractivity contribution is 5.64. The summed E-state index contributed by atoms with van der Waals surface area (Å²) in [5.41, 5.74) is -0.0755. The molecule has 0 aliphatic rings. The van der Waals surface area contributed by atoms with E-state index in [4.69, 9.17) is 10.2 Å². The largest absolute Gasteiger partial charge is 0.465 e. The van der Waals surface area contributed by atoms with Crippen LogP contribution in [-0.2, 0) is 0 Å². The lowest BCUT2D eigenvalue weighted by Crippen LogP contribution is -2.43. The van der Waals surface area contributed by atoms with Gasteiger partial charge in [-0.15, -0.1) is 0 Å². The molecular formula is C10H21NO3. The average Bonchev–Trinajstić information content (AvgIpc) is 2.00. The second kappa shape index (κ2) is 5.86. The van der Waals surface area contributed by atoms with Gasteiger partial charge in [-0.05, 0) is 24.7 Å². The van der Waals surface area contributed by atoms with Crippen LogP contribution in [0.3, 0.4) is 0 Å². The van der Waals surface area contributed by atoms with Crippen LogP contribution < -0.4 is 5.32 Å². The summed E-state index contributed by atoms with van der Waals surface area (Å²) in [5.74, 6) is 0. The molecule has 0 aliphatic carbocycles. The van der Waals surface area contributed by atoms with Gasteiger partial charge in [0.25, 0.3) is 0 Å². The molecule has 0 spiro atoms. The maximum Gasteiger partial charge on any atom is 0.404 e. The number of nitrogens with one attached hydrogen (secondary N) is 1. The normalized spacial score (nSPS) is 13.7. The first-order valence-corrected chi connectivity index (χ1v) is 4.98. The molecule has 0 saturated heterocycles. The van der Waals surface area contributed by atoms with Gasteiger partial charge < -0.3 is 15.5 Å². The van der Waals surface area contributed by atoms with Crippen LogP contribution in [-0.4, -0.2) is 29.0 Å². The van der Waals surface area contributed by atoms with E-state index in [1.165, 1.54) is 0 Å². The summed E-state index contributed by atoms with van der Waals surface area (Å²) in [6.07, 6.45) is 1.37. The van der Waals surface area contributed by atoms with Crippen LogP contribution in [0.2, 0.25) is 0 Å². The van der Waals surface area contributed by atoms with Crippen molar-refractivity contribution in [1.82, 2.24) is 5.32 Å². The van der Waals surface area contributed by atoms with Crippen molar-refractivity contribution in [3.8, 4) is 0 Å². The van der Waals surface area contributed by atoms with Crippen molar-refractivity contribution < 1.29 is 15.0 Å². The molecule has 14 heavy (non-hydrogen) atoms. The molecule has 0 rings (SSSR count). The first-order valence-electron chi connectivity index (χ1n) is 4.98. The van der Waals surface area contributed by atoms with Gasteiger partial charge in [-0.1, -0.05) is 20.8 Å². The van der Waals surface area contributed by atoms with Crippen molar-refractivity contribution in [3.63, 3.8) is 0 Å². The van der Waals surface area contributed by atoms with Crippen LogP contribution in [0.15, 0.2) is 0 Å². The molecule has 0 aromatic rings. The van der Waals surface area contributed by atoms with Gasteiger partial charge in [-0.2, -0.15) is 0 Å². The molecule has 1 atom stereocenters. The number of carboxylic acid groups (broad SMARTS) is 1. The van der Waals surface area contributed by atoms with Crippen LogP contribution in [0.5, 0.6) is 0 Å². The van der Waals surface area contributed by atoms with Crippen molar-refractivity contribution >= 4 is 6.09 Å². The monoisotopic (exact) mass is 203 g/mol. The third-order valence-electron chi connectivity index (χ3n) is 2.24. The second-order valence-corrected chi connectivity index (χ2v) is 4.59. The fourth-order valence-corrected chi connectivity index (χ4v) is 1.33. The third kappa shape index (κ3) is 5.80. The molecule has 84 valence electrons. The lowest BCUT2D eigenvalue weighted by Gasteiger charge is -2.30. The molecule has 1 amide bonds. The number of carbonyl (C=O) groups is 1. The Labute approximate surface area is 85.3 Å². The minimum atomic E-state index is -0.978. The SMILES string of the molecule is CC(C)(C)C(CCCCO)NC(=O)O. The summed E-state index contributed by atoms with van der Waals surface area (Å²) in [7, 11) is 0. The fraction of sp³-hybridized carbons (Fsp3) is 0.900. The zero-order valence-corrected chi connectivity index (χ0v) is 9.21. The van der Waals surface area contributed by atoms with E-state index in [1.807, 2.05) is 20.8 Å². The standard InChI is InChI=1S/C10H21NO3/c1-10(2,3)8(11-9(13)14)6-4-5-7-12/h8,11-12H,4-7H2,1-3H3,(H,13,14). The van der Waals surface area contributed by atoms with Crippen molar-refractivity contribution in [2.75, 3.05) is 6.61 Å². The van der Waals surface area contributed by atoms with Gasteiger partial charge in [0.15, 0.2) is 0 Å². The Kier molecular flexibility index (Phi) is 5.53. The highest BCUT2D eigenvalue weighted by Gasteiger charge is 2.25. The summed E-state index contributed by atoms with van der Waals surface area (Å²) >= 11 is 0. The molecule has 0 aromatic carbocycles. The van der Waals surface area contributed by atoms with Gasteiger partial charge in [-0.25, -0.2) is 4.79 Å². The van der Waals surface area contributed by atoms with Crippen LogP contribution in [0, 0.1) is 5.41 Å². The number of aliphatic hydroxyl groups excluding tert-OH is 1. The van der Waals surface area contributed by atoms with Crippen LogP contribution >= 0.6 is 0 Å². The topological polar surface area (TPSA) is 69.6 Å². The Balaban J connectivity index is 4.05. The zero-order valence-electron chi connectivity index (χ0n) is 9.21. The van der Waals surface area contributed by atoms with E-state index in [1.54, 1.807) is 0 Å². The summed E-state index contributed by atoms with van der Waals surface area (Å²) in [6.45, 7) is 6.19. The minimum absolute atomic E-state index is 0.0495. The van der Waals surface area contributed by atoms with Gasteiger partial charge in [0, 0.05) is 12.6 Å². The van der Waals surface area contributed by atoms with E-state index < -0.39 is 6.09 Å². The molecule has 0 bridgehead atoms. The maximum atomic E-state index is 10.5. The summed E-state index contributed by atoms with van der Waals surface area (Å²) in [5, 5.41) is 19.8. The average molecular weight is 203 g/mol. The van der Waals surface area contributed by atoms with Gasteiger partial charge in [0.2, 0.25) is 0 Å². The van der Waals surface area contributed by atoms with E-state index in [9.17, 15) is 4.79 Å². The molecule has 0 heterocycles. The van der Waals surface area contributed by atoms with E-state index in [2.05, 4.69) is 5.32 Å². The van der Waals surface area contributed by atoms with E-state index in [-0.39, 0.29) is 18.1 Å². The Morgan fingerprint density at radius 1 is 1.36 bits per heavy atom. The number of amides is 1. The van der Waals surface area contributed by atoms with E-state index in [0.29, 0.717) is 0 Å². The molecule has 0 fully saturated rings. The number of unbranched alkanes of at least 4 members (excludes halogenated alkanes) is 1. The quantitative estimate of drug-likeness (QED) is 0.597. The number of hydrogen-bond donors (Lipinski definition) is 3. The molecule has 4 nitrogen and oxygen atoms in total. The molecule has 0 saturated carbocycles. The smallest absolute Gasteiger partial charge is 0.404 e. The van der Waals surface area contributed by atoms with Crippen LogP contribution in [0.1, 0.15) is 40.0 Å². The van der Waals surface area contributed by atoms with Crippen molar-refractivity contribution in [2.45, 2.75) is 46.1 Å². The number of hydrogen-bond acceptors (Lipinski definition) is 2. The van der Waals surface area contributed by atoms with E-state index in [0.717, 1.165) is 19.3 Å². The minimum Gasteiger partial charge on any atom is -0.465 e. The van der Waals surface area contributed by atoms with Crippen molar-refractivity contribution in [3.05, 3.63) is 0 Å². The third-order valence-corrected chi connectivity index (χ3v) is 2.24.